The van der Waals surface area contributed by atoms with Gasteiger partial charge in [-0.15, -0.1) is 0 Å². The predicted octanol–water partition coefficient (Wildman–Crippen LogP) is 15.6. The summed E-state index contributed by atoms with van der Waals surface area (Å²) < 4.78 is 6.71. The lowest BCUT2D eigenvalue weighted by Crippen LogP contribution is -2.32. The van der Waals surface area contributed by atoms with Crippen molar-refractivity contribution < 1.29 is 4.74 Å². The molecule has 14 rings (SSSR count). The first kappa shape index (κ1) is 35.4. The average Bonchev–Trinajstić information content (AvgIpc) is 3.95. The number of anilines is 3. The fourth-order valence-electron chi connectivity index (χ4n) is 12.1. The molecule has 10 aromatic rings. The predicted molar refractivity (Wildman–Crippen MR) is 260 cm³/mol. The molecule has 1 heterocycles. The van der Waals surface area contributed by atoms with Crippen LogP contribution in [0.3, 0.4) is 0 Å². The maximum absolute atomic E-state index is 6.71. The Labute approximate surface area is 373 Å². The van der Waals surface area contributed by atoms with Crippen LogP contribution in [0.15, 0.2) is 237 Å². The third kappa shape index (κ3) is 4.54. The van der Waals surface area contributed by atoms with Gasteiger partial charge in [-0.05, 0) is 126 Å². The van der Waals surface area contributed by atoms with Gasteiger partial charge in [0, 0.05) is 28.2 Å². The van der Waals surface area contributed by atoms with Gasteiger partial charge in [-0.2, -0.15) is 0 Å². The molecule has 10 aromatic carbocycles. The number of fused-ring (bicyclic) bond motifs is 19. The van der Waals surface area contributed by atoms with Gasteiger partial charge in [0.1, 0.15) is 11.5 Å². The van der Waals surface area contributed by atoms with Crippen molar-refractivity contribution in [2.45, 2.75) is 10.8 Å². The second kappa shape index (κ2) is 13.2. The van der Waals surface area contributed by atoms with E-state index in [0.717, 1.165) is 39.7 Å². The first-order chi connectivity index (χ1) is 31.7. The average molecular weight is 814 g/mol. The van der Waals surface area contributed by atoms with Crippen molar-refractivity contribution in [2.24, 2.45) is 0 Å². The van der Waals surface area contributed by atoms with Gasteiger partial charge < -0.3 is 9.64 Å². The molecule has 0 aromatic heterocycles. The molecule has 298 valence electrons. The van der Waals surface area contributed by atoms with E-state index in [1.807, 2.05) is 0 Å². The molecule has 1 aliphatic heterocycles. The summed E-state index contributed by atoms with van der Waals surface area (Å²) in [5.74, 6) is 1.78. The smallest absolute Gasteiger partial charge is 0.132 e. The second-order valence-corrected chi connectivity index (χ2v) is 17.5. The summed E-state index contributed by atoms with van der Waals surface area (Å²) in [6.45, 7) is 0. The summed E-state index contributed by atoms with van der Waals surface area (Å²) in [6, 6.07) is 87.5. The van der Waals surface area contributed by atoms with Crippen LogP contribution in [0.1, 0.15) is 44.5 Å². The maximum Gasteiger partial charge on any atom is 0.132 e. The van der Waals surface area contributed by atoms with E-state index in [9.17, 15) is 0 Å². The van der Waals surface area contributed by atoms with Crippen LogP contribution in [0.4, 0.5) is 17.1 Å². The van der Waals surface area contributed by atoms with E-state index in [2.05, 4.69) is 241 Å². The van der Waals surface area contributed by atoms with Crippen molar-refractivity contribution in [3.8, 4) is 56.0 Å². The van der Waals surface area contributed by atoms with Crippen molar-refractivity contribution in [2.75, 3.05) is 4.90 Å². The Hall–Kier alpha value is -8.20. The van der Waals surface area contributed by atoms with Gasteiger partial charge >= 0.3 is 0 Å². The third-order valence-electron chi connectivity index (χ3n) is 14.6. The maximum atomic E-state index is 6.71. The van der Waals surface area contributed by atoms with Crippen molar-refractivity contribution in [3.05, 3.63) is 281 Å². The van der Waals surface area contributed by atoms with Crippen molar-refractivity contribution in [1.29, 1.82) is 0 Å². The zero-order chi connectivity index (χ0) is 42.0. The standard InChI is InChI=1S/C62H39NO/c1-2-16-40(17-3-1)41-30-32-42(33-31-41)63(43-34-36-49-47-20-6-10-24-53(47)61(57(49)38-43)51-22-8-4-18-45(51)46-19-5-9-23-52(46)61)44-35-37-50-48-21-7-11-25-54(48)62(58(50)39-44)55-26-12-14-28-59(55)64-60-29-15-13-27-56(60)62/h1-39H. The van der Waals surface area contributed by atoms with Crippen LogP contribution in [-0.4, -0.2) is 0 Å². The highest BCUT2D eigenvalue weighted by Crippen LogP contribution is 2.65. The number of ether oxygens (including phenoxy) is 1. The van der Waals surface area contributed by atoms with E-state index >= 15 is 0 Å². The van der Waals surface area contributed by atoms with Crippen molar-refractivity contribution >= 4 is 17.1 Å². The number of hydrogen-bond acceptors (Lipinski definition) is 2. The van der Waals surface area contributed by atoms with Crippen LogP contribution < -0.4 is 9.64 Å². The monoisotopic (exact) mass is 813 g/mol. The van der Waals surface area contributed by atoms with Crippen LogP contribution in [0.5, 0.6) is 11.5 Å². The van der Waals surface area contributed by atoms with Crippen LogP contribution in [0.25, 0.3) is 44.5 Å². The summed E-state index contributed by atoms with van der Waals surface area (Å²) in [6.07, 6.45) is 0. The summed E-state index contributed by atoms with van der Waals surface area (Å²) in [4.78, 5) is 2.48. The lowest BCUT2D eigenvalue weighted by Gasteiger charge is -2.39. The summed E-state index contributed by atoms with van der Waals surface area (Å²) in [5.41, 5.74) is 22.5. The Bertz CT molecular complexity index is 3440. The minimum Gasteiger partial charge on any atom is -0.457 e. The normalized spacial score (nSPS) is 14.3. The molecular weight excluding hydrogens is 775 g/mol. The molecule has 0 saturated carbocycles. The Morgan fingerprint density at radius 1 is 0.250 bits per heavy atom. The first-order valence-corrected chi connectivity index (χ1v) is 22.3. The summed E-state index contributed by atoms with van der Waals surface area (Å²) in [7, 11) is 0. The molecule has 0 N–H and O–H groups in total. The van der Waals surface area contributed by atoms with Gasteiger partial charge in [0.25, 0.3) is 0 Å². The Morgan fingerprint density at radius 2 is 0.578 bits per heavy atom. The molecule has 4 aliphatic rings. The fourth-order valence-corrected chi connectivity index (χ4v) is 12.1. The molecule has 0 amide bonds. The van der Waals surface area contributed by atoms with Gasteiger partial charge in [-0.25, -0.2) is 0 Å². The lowest BCUT2D eigenvalue weighted by molar-refractivity contribution is 0.436. The highest BCUT2D eigenvalue weighted by Gasteiger charge is 2.53. The lowest BCUT2D eigenvalue weighted by atomic mass is 9.66. The van der Waals surface area contributed by atoms with Gasteiger partial charge in [-0.3, -0.25) is 0 Å². The molecule has 3 aliphatic carbocycles. The largest absolute Gasteiger partial charge is 0.457 e. The Kier molecular flexibility index (Phi) is 7.28. The number of benzene rings is 10. The van der Waals surface area contributed by atoms with Gasteiger partial charge in [-0.1, -0.05) is 188 Å². The van der Waals surface area contributed by atoms with Crippen molar-refractivity contribution in [1.82, 2.24) is 0 Å². The fraction of sp³-hybridized carbons (Fsp3) is 0.0323. The highest BCUT2D eigenvalue weighted by atomic mass is 16.5. The van der Waals surface area contributed by atoms with Crippen LogP contribution >= 0.6 is 0 Å². The van der Waals surface area contributed by atoms with Crippen molar-refractivity contribution in [3.63, 3.8) is 0 Å². The molecule has 2 spiro atoms. The van der Waals surface area contributed by atoms with Gasteiger partial charge in [0.15, 0.2) is 0 Å². The number of rotatable bonds is 4. The third-order valence-corrected chi connectivity index (χ3v) is 14.6. The van der Waals surface area contributed by atoms with Gasteiger partial charge in [0.2, 0.25) is 0 Å². The molecule has 0 saturated heterocycles. The molecule has 0 unspecified atom stereocenters. The summed E-state index contributed by atoms with van der Waals surface area (Å²) in [5, 5.41) is 0. The quantitative estimate of drug-likeness (QED) is 0.175. The van der Waals surface area contributed by atoms with E-state index in [1.54, 1.807) is 0 Å². The molecule has 0 fully saturated rings. The molecule has 0 bridgehead atoms. The molecule has 2 heteroatoms. The molecular formula is C62H39NO. The molecule has 0 radical (unpaired) electrons. The molecule has 64 heavy (non-hydrogen) atoms. The zero-order valence-electron chi connectivity index (χ0n) is 34.9. The minimum atomic E-state index is -0.586. The SMILES string of the molecule is c1ccc(-c2ccc(N(c3ccc4c(c3)C3(c5ccccc5Oc5ccccc53)c3ccccc3-4)c3ccc4c(c3)C3(c5ccccc5-c5ccccc53)c3ccccc3-4)cc2)cc1. The van der Waals surface area contributed by atoms with E-state index in [1.165, 1.54) is 77.9 Å². The first-order valence-electron chi connectivity index (χ1n) is 22.3. The Balaban J connectivity index is 1.04. The number of para-hydroxylation sites is 2. The summed E-state index contributed by atoms with van der Waals surface area (Å²) >= 11 is 0. The van der Waals surface area contributed by atoms with E-state index < -0.39 is 10.8 Å². The van der Waals surface area contributed by atoms with E-state index in [0.29, 0.717) is 0 Å². The van der Waals surface area contributed by atoms with E-state index in [4.69, 9.17) is 4.74 Å². The van der Waals surface area contributed by atoms with Crippen LogP contribution in [-0.2, 0) is 10.8 Å². The minimum absolute atomic E-state index is 0.461. The Morgan fingerprint density at radius 3 is 1.03 bits per heavy atom. The second-order valence-electron chi connectivity index (χ2n) is 17.5. The van der Waals surface area contributed by atoms with Gasteiger partial charge in [0.05, 0.1) is 10.8 Å². The van der Waals surface area contributed by atoms with Crippen LogP contribution in [0, 0.1) is 0 Å². The van der Waals surface area contributed by atoms with E-state index in [-0.39, 0.29) is 0 Å². The number of nitrogens with zero attached hydrogens (tertiary/aromatic N) is 1. The number of hydrogen-bond donors (Lipinski definition) is 0. The highest BCUT2D eigenvalue weighted by molar-refractivity contribution is 5.97. The zero-order valence-corrected chi connectivity index (χ0v) is 34.9. The van der Waals surface area contributed by atoms with Crippen LogP contribution in [0.2, 0.25) is 0 Å². The topological polar surface area (TPSA) is 12.5 Å². The molecule has 0 atom stereocenters. The molecule has 2 nitrogen and oxygen atoms in total.